The summed E-state index contributed by atoms with van der Waals surface area (Å²) in [6.07, 6.45) is 0. The lowest BCUT2D eigenvalue weighted by Crippen LogP contribution is -2.31. The van der Waals surface area contributed by atoms with Gasteiger partial charge in [0, 0.05) is 5.92 Å². The van der Waals surface area contributed by atoms with Crippen molar-refractivity contribution < 1.29 is 19.1 Å². The minimum Gasteiger partial charge on any atom is -0.493 e. The second-order valence-corrected chi connectivity index (χ2v) is 4.34. The predicted molar refractivity (Wildman–Crippen MR) is 71.7 cm³/mol. The highest BCUT2D eigenvalue weighted by Crippen LogP contribution is 2.30. The van der Waals surface area contributed by atoms with E-state index in [1.54, 1.807) is 32.0 Å². The number of carbonyl (C=O) groups is 2. The molecule has 0 saturated heterocycles. The van der Waals surface area contributed by atoms with Crippen molar-refractivity contribution in [1.29, 1.82) is 0 Å². The quantitative estimate of drug-likeness (QED) is 0.849. The number of hydrogen-bond donors (Lipinski definition) is 1. The number of ketones is 1. The number of para-hydroxylation sites is 1. The van der Waals surface area contributed by atoms with Gasteiger partial charge in [0.05, 0.1) is 26.3 Å². The Balaban J connectivity index is 2.85. The van der Waals surface area contributed by atoms with Gasteiger partial charge in [-0.25, -0.2) is 0 Å². The van der Waals surface area contributed by atoms with Gasteiger partial charge in [-0.05, 0) is 12.1 Å². The third-order valence-electron chi connectivity index (χ3n) is 2.71. The Morgan fingerprint density at radius 3 is 2.42 bits per heavy atom. The largest absolute Gasteiger partial charge is 0.493 e. The lowest BCUT2D eigenvalue weighted by molar-refractivity contribution is -0.120. The molecule has 104 valence electrons. The van der Waals surface area contributed by atoms with E-state index in [-0.39, 0.29) is 24.2 Å². The SMILES string of the molecule is COc1cccc(C(=O)NCC(=O)C(C)C)c1OC. The van der Waals surface area contributed by atoms with Gasteiger partial charge in [-0.2, -0.15) is 0 Å². The molecule has 0 aliphatic heterocycles. The molecule has 0 radical (unpaired) electrons. The molecule has 5 nitrogen and oxygen atoms in total. The van der Waals surface area contributed by atoms with Crippen LogP contribution in [0.5, 0.6) is 11.5 Å². The molecule has 1 rings (SSSR count). The van der Waals surface area contributed by atoms with Gasteiger partial charge >= 0.3 is 0 Å². The number of hydrogen-bond acceptors (Lipinski definition) is 4. The van der Waals surface area contributed by atoms with Crippen molar-refractivity contribution in [3.63, 3.8) is 0 Å². The first-order valence-corrected chi connectivity index (χ1v) is 6.03. The summed E-state index contributed by atoms with van der Waals surface area (Å²) in [5, 5.41) is 2.58. The van der Waals surface area contributed by atoms with Crippen LogP contribution in [-0.4, -0.2) is 32.5 Å². The van der Waals surface area contributed by atoms with Crippen molar-refractivity contribution in [1.82, 2.24) is 5.32 Å². The van der Waals surface area contributed by atoms with E-state index in [1.807, 2.05) is 0 Å². The zero-order chi connectivity index (χ0) is 14.4. The molecule has 5 heteroatoms. The van der Waals surface area contributed by atoms with E-state index in [1.165, 1.54) is 14.2 Å². The van der Waals surface area contributed by atoms with E-state index in [0.29, 0.717) is 17.1 Å². The smallest absolute Gasteiger partial charge is 0.255 e. The summed E-state index contributed by atoms with van der Waals surface area (Å²) in [6, 6.07) is 5.02. The monoisotopic (exact) mass is 265 g/mol. The second-order valence-electron chi connectivity index (χ2n) is 4.34. The molecule has 0 aromatic heterocycles. The molecule has 19 heavy (non-hydrogen) atoms. The molecule has 1 aromatic carbocycles. The number of amides is 1. The normalized spacial score (nSPS) is 10.2. The van der Waals surface area contributed by atoms with Crippen LogP contribution in [0.15, 0.2) is 18.2 Å². The molecule has 1 N–H and O–H groups in total. The average Bonchev–Trinajstić information content (AvgIpc) is 2.42. The van der Waals surface area contributed by atoms with Gasteiger partial charge in [0.25, 0.3) is 5.91 Å². The zero-order valence-electron chi connectivity index (χ0n) is 11.6. The third-order valence-corrected chi connectivity index (χ3v) is 2.71. The summed E-state index contributed by atoms with van der Waals surface area (Å²) >= 11 is 0. The van der Waals surface area contributed by atoms with E-state index >= 15 is 0 Å². The third kappa shape index (κ3) is 3.71. The van der Waals surface area contributed by atoms with E-state index < -0.39 is 0 Å². The number of ether oxygens (including phenoxy) is 2. The first-order chi connectivity index (χ1) is 9.01. The molecule has 0 atom stereocenters. The van der Waals surface area contributed by atoms with Gasteiger partial charge in [-0.1, -0.05) is 19.9 Å². The molecule has 0 heterocycles. The van der Waals surface area contributed by atoms with Crippen LogP contribution in [0.2, 0.25) is 0 Å². The van der Waals surface area contributed by atoms with Crippen LogP contribution in [0.1, 0.15) is 24.2 Å². The fourth-order valence-corrected chi connectivity index (χ4v) is 1.53. The molecule has 0 spiro atoms. The Kier molecular flexibility index (Phi) is 5.36. The molecule has 0 bridgehead atoms. The number of Topliss-reactive ketones (excluding diaryl/α,β-unsaturated/α-hetero) is 1. The van der Waals surface area contributed by atoms with Crippen molar-refractivity contribution in [2.45, 2.75) is 13.8 Å². The summed E-state index contributed by atoms with van der Waals surface area (Å²) in [5.74, 6) is 0.359. The fraction of sp³-hybridized carbons (Fsp3) is 0.429. The van der Waals surface area contributed by atoms with Crippen LogP contribution in [0, 0.1) is 5.92 Å². The molecule has 0 unspecified atom stereocenters. The summed E-state index contributed by atoms with van der Waals surface area (Å²) in [6.45, 7) is 3.60. The van der Waals surface area contributed by atoms with Gasteiger partial charge in [0.2, 0.25) is 0 Å². The Bertz CT molecular complexity index is 469. The number of benzene rings is 1. The Hall–Kier alpha value is -2.04. The van der Waals surface area contributed by atoms with Crippen molar-refractivity contribution in [2.24, 2.45) is 5.92 Å². The number of nitrogens with one attached hydrogen (secondary N) is 1. The molecule has 1 amide bonds. The summed E-state index contributed by atoms with van der Waals surface area (Å²) < 4.78 is 10.3. The van der Waals surface area contributed by atoms with E-state index in [2.05, 4.69) is 5.32 Å². The minimum atomic E-state index is -0.357. The Morgan fingerprint density at radius 2 is 1.89 bits per heavy atom. The highest BCUT2D eigenvalue weighted by atomic mass is 16.5. The van der Waals surface area contributed by atoms with Crippen LogP contribution >= 0.6 is 0 Å². The van der Waals surface area contributed by atoms with Gasteiger partial charge in [0.15, 0.2) is 17.3 Å². The van der Waals surface area contributed by atoms with E-state index in [9.17, 15) is 9.59 Å². The molecule has 0 saturated carbocycles. The van der Waals surface area contributed by atoms with Crippen LogP contribution in [0.4, 0.5) is 0 Å². The van der Waals surface area contributed by atoms with Crippen LogP contribution in [-0.2, 0) is 4.79 Å². The number of carbonyl (C=O) groups excluding carboxylic acids is 2. The van der Waals surface area contributed by atoms with Crippen molar-refractivity contribution in [2.75, 3.05) is 20.8 Å². The highest BCUT2D eigenvalue weighted by Gasteiger charge is 2.17. The first-order valence-electron chi connectivity index (χ1n) is 6.03. The first kappa shape index (κ1) is 15.0. The molecule has 0 aliphatic rings. The van der Waals surface area contributed by atoms with Crippen LogP contribution in [0.3, 0.4) is 0 Å². The number of rotatable bonds is 6. The topological polar surface area (TPSA) is 64.6 Å². The standard InChI is InChI=1S/C14H19NO4/c1-9(2)11(16)8-15-14(17)10-6-5-7-12(18-3)13(10)19-4/h5-7,9H,8H2,1-4H3,(H,15,17). The van der Waals surface area contributed by atoms with Crippen molar-refractivity contribution in [3.8, 4) is 11.5 Å². The highest BCUT2D eigenvalue weighted by molar-refractivity contribution is 5.99. The second kappa shape index (κ2) is 6.78. The van der Waals surface area contributed by atoms with Crippen molar-refractivity contribution in [3.05, 3.63) is 23.8 Å². The summed E-state index contributed by atoms with van der Waals surface area (Å²) in [4.78, 5) is 23.5. The van der Waals surface area contributed by atoms with Gasteiger partial charge in [-0.15, -0.1) is 0 Å². The predicted octanol–water partition coefficient (Wildman–Crippen LogP) is 1.66. The fourth-order valence-electron chi connectivity index (χ4n) is 1.53. The molecule has 1 aromatic rings. The van der Waals surface area contributed by atoms with Crippen molar-refractivity contribution >= 4 is 11.7 Å². The van der Waals surface area contributed by atoms with E-state index in [4.69, 9.17) is 9.47 Å². The summed E-state index contributed by atoms with van der Waals surface area (Å²) in [5.41, 5.74) is 0.346. The zero-order valence-corrected chi connectivity index (χ0v) is 11.6. The maximum atomic E-state index is 12.0. The van der Waals surface area contributed by atoms with Crippen LogP contribution in [0.25, 0.3) is 0 Å². The van der Waals surface area contributed by atoms with Gasteiger partial charge < -0.3 is 14.8 Å². The average molecular weight is 265 g/mol. The maximum Gasteiger partial charge on any atom is 0.255 e. The van der Waals surface area contributed by atoms with Gasteiger partial charge in [-0.3, -0.25) is 9.59 Å². The maximum absolute atomic E-state index is 12.0. The van der Waals surface area contributed by atoms with Crippen LogP contribution < -0.4 is 14.8 Å². The molecule has 0 fully saturated rings. The molecule has 0 aliphatic carbocycles. The Labute approximate surface area is 112 Å². The Morgan fingerprint density at radius 1 is 1.21 bits per heavy atom. The lowest BCUT2D eigenvalue weighted by Gasteiger charge is -2.12. The number of methoxy groups -OCH3 is 2. The molecular formula is C14H19NO4. The van der Waals surface area contributed by atoms with E-state index in [0.717, 1.165) is 0 Å². The van der Waals surface area contributed by atoms with Gasteiger partial charge in [0.1, 0.15) is 0 Å². The lowest BCUT2D eigenvalue weighted by atomic mass is 10.1. The summed E-state index contributed by atoms with van der Waals surface area (Å²) in [7, 11) is 2.97. The minimum absolute atomic E-state index is 0.0108. The molecular weight excluding hydrogens is 246 g/mol.